The monoisotopic (exact) mass is 277 g/mol. The van der Waals surface area contributed by atoms with Gasteiger partial charge in [-0.1, -0.05) is 6.92 Å². The molecule has 1 amide bonds. The van der Waals surface area contributed by atoms with Crippen molar-refractivity contribution in [2.75, 3.05) is 5.73 Å². The maximum atomic E-state index is 13.1. The number of aryl methyl sites for hydroxylation is 2. The fourth-order valence-electron chi connectivity index (χ4n) is 1.93. The van der Waals surface area contributed by atoms with E-state index in [2.05, 4.69) is 15.4 Å². The van der Waals surface area contributed by atoms with Gasteiger partial charge in [0.25, 0.3) is 5.91 Å². The van der Waals surface area contributed by atoms with Crippen LogP contribution in [0.4, 0.5) is 10.2 Å². The van der Waals surface area contributed by atoms with E-state index in [1.54, 1.807) is 4.68 Å². The van der Waals surface area contributed by atoms with Crippen molar-refractivity contribution in [2.24, 2.45) is 7.05 Å². The van der Waals surface area contributed by atoms with E-state index in [-0.39, 0.29) is 11.4 Å². The van der Waals surface area contributed by atoms with Crippen molar-refractivity contribution in [1.82, 2.24) is 20.1 Å². The number of nitrogens with zero attached hydrogens (tertiary/aromatic N) is 3. The third-order valence-electron chi connectivity index (χ3n) is 2.90. The lowest BCUT2D eigenvalue weighted by Gasteiger charge is -2.06. The molecule has 2 heterocycles. The van der Waals surface area contributed by atoms with Gasteiger partial charge in [0.1, 0.15) is 11.6 Å². The first kappa shape index (κ1) is 14.0. The molecule has 0 spiro atoms. The number of nitrogen functional groups attached to an aromatic ring is 1. The molecule has 0 unspecified atom stereocenters. The number of amides is 1. The van der Waals surface area contributed by atoms with Crippen molar-refractivity contribution in [3.05, 3.63) is 41.1 Å². The Morgan fingerprint density at radius 1 is 1.55 bits per heavy atom. The van der Waals surface area contributed by atoms with Crippen LogP contribution >= 0.6 is 0 Å². The molecule has 2 aromatic rings. The van der Waals surface area contributed by atoms with Crippen LogP contribution in [0.3, 0.4) is 0 Å². The third kappa shape index (κ3) is 2.93. The first-order chi connectivity index (χ1) is 9.51. The van der Waals surface area contributed by atoms with E-state index < -0.39 is 11.7 Å². The van der Waals surface area contributed by atoms with Gasteiger partial charge in [-0.2, -0.15) is 5.10 Å². The largest absolute Gasteiger partial charge is 0.383 e. The molecule has 0 bridgehead atoms. The second kappa shape index (κ2) is 5.68. The van der Waals surface area contributed by atoms with E-state index in [0.717, 1.165) is 29.9 Å². The van der Waals surface area contributed by atoms with Crippen LogP contribution in [0.1, 0.15) is 28.5 Å². The van der Waals surface area contributed by atoms with E-state index in [1.165, 1.54) is 0 Å². The van der Waals surface area contributed by atoms with Gasteiger partial charge in [-0.15, -0.1) is 0 Å². The number of anilines is 1. The zero-order valence-electron chi connectivity index (χ0n) is 11.4. The molecule has 2 rings (SSSR count). The van der Waals surface area contributed by atoms with Crippen LogP contribution in [-0.2, 0) is 20.0 Å². The van der Waals surface area contributed by atoms with E-state index in [4.69, 9.17) is 5.73 Å². The van der Waals surface area contributed by atoms with Crippen molar-refractivity contribution in [2.45, 2.75) is 19.9 Å². The van der Waals surface area contributed by atoms with E-state index in [0.29, 0.717) is 6.54 Å². The maximum absolute atomic E-state index is 13.1. The SMILES string of the molecule is CCc1nn(C)cc1CNC(=O)c1cc(F)cnc1N. The minimum atomic E-state index is -0.597. The van der Waals surface area contributed by atoms with Crippen molar-refractivity contribution >= 4 is 11.7 Å². The highest BCUT2D eigenvalue weighted by Gasteiger charge is 2.13. The standard InChI is InChI=1S/C13H16FN5O/c1-3-11-8(7-19(2)18-11)5-17-13(20)10-4-9(14)6-16-12(10)15/h4,6-7H,3,5H2,1-2H3,(H2,15,16)(H,17,20). The van der Waals surface area contributed by atoms with Gasteiger partial charge in [0, 0.05) is 25.4 Å². The minimum absolute atomic E-state index is 0.00537. The van der Waals surface area contributed by atoms with Gasteiger partial charge in [-0.05, 0) is 12.5 Å². The lowest BCUT2D eigenvalue weighted by molar-refractivity contribution is 0.0951. The molecule has 106 valence electrons. The number of aromatic nitrogens is 3. The Morgan fingerprint density at radius 2 is 2.30 bits per heavy atom. The van der Waals surface area contributed by atoms with E-state index in [1.807, 2.05) is 20.2 Å². The summed E-state index contributed by atoms with van der Waals surface area (Å²) in [4.78, 5) is 15.6. The van der Waals surface area contributed by atoms with Gasteiger partial charge in [-0.3, -0.25) is 9.48 Å². The number of halogens is 1. The second-order valence-electron chi connectivity index (χ2n) is 4.40. The first-order valence-corrected chi connectivity index (χ1v) is 6.22. The molecule has 0 radical (unpaired) electrons. The summed E-state index contributed by atoms with van der Waals surface area (Å²) in [5.41, 5.74) is 7.44. The average molecular weight is 277 g/mol. The number of hydrogen-bond donors (Lipinski definition) is 2. The average Bonchev–Trinajstić information content (AvgIpc) is 2.79. The Kier molecular flexibility index (Phi) is 3.97. The molecule has 3 N–H and O–H groups in total. The number of carbonyl (C=O) groups is 1. The number of carbonyl (C=O) groups excluding carboxylic acids is 1. The lowest BCUT2D eigenvalue weighted by atomic mass is 10.2. The highest BCUT2D eigenvalue weighted by Crippen LogP contribution is 2.11. The van der Waals surface area contributed by atoms with Crippen molar-refractivity contribution in [3.8, 4) is 0 Å². The molecule has 0 atom stereocenters. The minimum Gasteiger partial charge on any atom is -0.383 e. The number of hydrogen-bond acceptors (Lipinski definition) is 4. The molecule has 7 heteroatoms. The van der Waals surface area contributed by atoms with Crippen molar-refractivity contribution in [1.29, 1.82) is 0 Å². The van der Waals surface area contributed by atoms with Crippen molar-refractivity contribution in [3.63, 3.8) is 0 Å². The molecule has 0 aliphatic heterocycles. The van der Waals surface area contributed by atoms with E-state index in [9.17, 15) is 9.18 Å². The van der Waals surface area contributed by atoms with Crippen LogP contribution in [0.15, 0.2) is 18.5 Å². The Morgan fingerprint density at radius 3 is 3.00 bits per heavy atom. The predicted octanol–water partition coefficient (Wildman–Crippen LogP) is 1.03. The highest BCUT2D eigenvalue weighted by molar-refractivity contribution is 5.98. The number of nitrogens with two attached hydrogens (primary N) is 1. The molecular formula is C13H16FN5O. The molecule has 0 aliphatic rings. The normalized spacial score (nSPS) is 10.6. The smallest absolute Gasteiger partial charge is 0.255 e. The summed E-state index contributed by atoms with van der Waals surface area (Å²) < 4.78 is 14.8. The highest BCUT2D eigenvalue weighted by atomic mass is 19.1. The molecular weight excluding hydrogens is 261 g/mol. The lowest BCUT2D eigenvalue weighted by Crippen LogP contribution is -2.24. The van der Waals surface area contributed by atoms with Crippen LogP contribution < -0.4 is 11.1 Å². The topological polar surface area (TPSA) is 85.8 Å². The van der Waals surface area contributed by atoms with Gasteiger partial charge in [-0.25, -0.2) is 9.37 Å². The number of nitrogens with one attached hydrogen (secondary N) is 1. The Bertz CT molecular complexity index is 638. The van der Waals surface area contributed by atoms with Crippen LogP contribution in [0.5, 0.6) is 0 Å². The quantitative estimate of drug-likeness (QED) is 0.874. The maximum Gasteiger partial charge on any atom is 0.255 e. The molecule has 20 heavy (non-hydrogen) atoms. The Labute approximate surface area is 115 Å². The zero-order chi connectivity index (χ0) is 14.7. The zero-order valence-corrected chi connectivity index (χ0v) is 11.4. The molecule has 0 aliphatic carbocycles. The van der Waals surface area contributed by atoms with Gasteiger partial charge in [0.2, 0.25) is 0 Å². The summed E-state index contributed by atoms with van der Waals surface area (Å²) in [5, 5.41) is 6.97. The molecule has 0 saturated heterocycles. The summed E-state index contributed by atoms with van der Waals surface area (Å²) in [6, 6.07) is 1.07. The molecule has 0 fully saturated rings. The predicted molar refractivity (Wildman–Crippen MR) is 72.4 cm³/mol. The molecule has 2 aromatic heterocycles. The second-order valence-corrected chi connectivity index (χ2v) is 4.40. The fraction of sp³-hybridized carbons (Fsp3) is 0.308. The molecule has 0 aromatic carbocycles. The van der Waals surface area contributed by atoms with Crippen LogP contribution in [-0.4, -0.2) is 20.7 Å². The van der Waals surface area contributed by atoms with Gasteiger partial charge < -0.3 is 11.1 Å². The molecule has 0 saturated carbocycles. The van der Waals surface area contributed by atoms with Gasteiger partial charge >= 0.3 is 0 Å². The summed E-state index contributed by atoms with van der Waals surface area (Å²) >= 11 is 0. The fourth-order valence-corrected chi connectivity index (χ4v) is 1.93. The van der Waals surface area contributed by atoms with Crippen LogP contribution in [0.25, 0.3) is 0 Å². The van der Waals surface area contributed by atoms with Gasteiger partial charge in [0.05, 0.1) is 17.5 Å². The summed E-state index contributed by atoms with van der Waals surface area (Å²) in [5.74, 6) is -1.05. The Hall–Kier alpha value is -2.44. The first-order valence-electron chi connectivity index (χ1n) is 6.22. The summed E-state index contributed by atoms with van der Waals surface area (Å²) in [6.45, 7) is 2.30. The van der Waals surface area contributed by atoms with Gasteiger partial charge in [0.15, 0.2) is 0 Å². The third-order valence-corrected chi connectivity index (χ3v) is 2.90. The Balaban J connectivity index is 2.10. The van der Waals surface area contributed by atoms with Crippen LogP contribution in [0, 0.1) is 5.82 Å². The number of pyridine rings is 1. The summed E-state index contributed by atoms with van der Waals surface area (Å²) in [6.07, 6.45) is 3.59. The van der Waals surface area contributed by atoms with Crippen LogP contribution in [0.2, 0.25) is 0 Å². The number of rotatable bonds is 4. The van der Waals surface area contributed by atoms with E-state index >= 15 is 0 Å². The van der Waals surface area contributed by atoms with Crippen molar-refractivity contribution < 1.29 is 9.18 Å². The molecule has 6 nitrogen and oxygen atoms in total. The summed E-state index contributed by atoms with van der Waals surface area (Å²) in [7, 11) is 1.82.